The van der Waals surface area contributed by atoms with Gasteiger partial charge in [0, 0.05) is 24.9 Å². The lowest BCUT2D eigenvalue weighted by Gasteiger charge is -2.10. The van der Waals surface area contributed by atoms with Gasteiger partial charge in [-0.3, -0.25) is 0 Å². The van der Waals surface area contributed by atoms with Crippen molar-refractivity contribution < 1.29 is 9.13 Å². The van der Waals surface area contributed by atoms with E-state index >= 15 is 0 Å². The Labute approximate surface area is 119 Å². The van der Waals surface area contributed by atoms with E-state index in [9.17, 15) is 4.39 Å². The minimum absolute atomic E-state index is 0.354. The van der Waals surface area contributed by atoms with Crippen LogP contribution in [-0.2, 0) is 0 Å². The van der Waals surface area contributed by atoms with Gasteiger partial charge in [0.15, 0.2) is 0 Å². The molecule has 1 aromatic rings. The highest BCUT2D eigenvalue weighted by molar-refractivity contribution is 6.18. The Bertz CT molecular complexity index is 451. The molecule has 2 nitrogen and oxygen atoms in total. The van der Waals surface area contributed by atoms with Crippen LogP contribution in [0.4, 0.5) is 4.39 Å². The van der Waals surface area contributed by atoms with Gasteiger partial charge in [0.25, 0.3) is 0 Å². The summed E-state index contributed by atoms with van der Waals surface area (Å²) in [6.07, 6.45) is 1.47. The molecule has 0 aliphatic carbocycles. The van der Waals surface area contributed by atoms with Gasteiger partial charge < -0.3 is 9.64 Å². The molecule has 19 heavy (non-hydrogen) atoms. The number of halogens is 2. The maximum absolute atomic E-state index is 13.7. The lowest BCUT2D eigenvalue weighted by atomic mass is 10.2. The zero-order valence-electron chi connectivity index (χ0n) is 11.4. The quantitative estimate of drug-likeness (QED) is 0.452. The van der Waals surface area contributed by atoms with E-state index in [0.29, 0.717) is 30.2 Å². The van der Waals surface area contributed by atoms with Gasteiger partial charge in [-0.15, -0.1) is 11.6 Å². The maximum atomic E-state index is 13.7. The molecule has 0 spiro atoms. The van der Waals surface area contributed by atoms with Crippen LogP contribution < -0.4 is 4.74 Å². The van der Waals surface area contributed by atoms with Crippen LogP contribution in [-0.4, -0.2) is 38.0 Å². The van der Waals surface area contributed by atoms with E-state index in [4.69, 9.17) is 16.3 Å². The van der Waals surface area contributed by atoms with Crippen molar-refractivity contribution >= 4 is 11.6 Å². The van der Waals surface area contributed by atoms with Crippen molar-refractivity contribution in [2.75, 3.05) is 33.1 Å². The molecule has 0 bridgehead atoms. The van der Waals surface area contributed by atoms with Crippen LogP contribution in [0.1, 0.15) is 18.4 Å². The summed E-state index contributed by atoms with van der Waals surface area (Å²) in [6, 6.07) is 4.75. The third-order valence-corrected chi connectivity index (χ3v) is 2.59. The van der Waals surface area contributed by atoms with Crippen molar-refractivity contribution in [2.45, 2.75) is 12.8 Å². The van der Waals surface area contributed by atoms with E-state index in [1.54, 1.807) is 12.1 Å². The molecule has 0 aromatic heterocycles. The van der Waals surface area contributed by atoms with E-state index in [1.807, 2.05) is 14.1 Å². The second kappa shape index (κ2) is 8.79. The molecule has 0 radical (unpaired) electrons. The van der Waals surface area contributed by atoms with Gasteiger partial charge in [-0.1, -0.05) is 11.8 Å². The highest BCUT2D eigenvalue weighted by Gasteiger charge is 2.02. The Morgan fingerprint density at radius 1 is 1.37 bits per heavy atom. The number of rotatable bonds is 6. The summed E-state index contributed by atoms with van der Waals surface area (Å²) >= 11 is 5.51. The fourth-order valence-electron chi connectivity index (χ4n) is 1.46. The normalized spacial score (nSPS) is 10.2. The van der Waals surface area contributed by atoms with Crippen molar-refractivity contribution in [3.8, 4) is 17.6 Å². The summed E-state index contributed by atoms with van der Waals surface area (Å²) in [7, 11) is 4.02. The summed E-state index contributed by atoms with van der Waals surface area (Å²) < 4.78 is 19.2. The van der Waals surface area contributed by atoms with Crippen molar-refractivity contribution in [1.29, 1.82) is 0 Å². The van der Waals surface area contributed by atoms with E-state index in [1.165, 1.54) is 6.07 Å². The zero-order chi connectivity index (χ0) is 14.1. The molecule has 0 aliphatic heterocycles. The monoisotopic (exact) mass is 283 g/mol. The number of benzene rings is 1. The summed E-state index contributed by atoms with van der Waals surface area (Å²) in [5, 5.41) is 0. The third-order valence-electron chi connectivity index (χ3n) is 2.40. The predicted octanol–water partition coefficient (Wildman–Crippen LogP) is 3.14. The predicted molar refractivity (Wildman–Crippen MR) is 77.3 cm³/mol. The maximum Gasteiger partial charge on any atom is 0.142 e. The van der Waals surface area contributed by atoms with Crippen LogP contribution in [0.2, 0.25) is 0 Å². The number of nitrogens with zero attached hydrogens (tertiary/aromatic N) is 1. The van der Waals surface area contributed by atoms with E-state index in [-0.39, 0.29) is 5.82 Å². The van der Waals surface area contributed by atoms with Crippen LogP contribution in [0.25, 0.3) is 0 Å². The molecule has 0 saturated carbocycles. The van der Waals surface area contributed by atoms with Crippen molar-refractivity contribution in [3.63, 3.8) is 0 Å². The number of hydrogen-bond donors (Lipinski definition) is 0. The fraction of sp³-hybridized carbons (Fsp3) is 0.467. The van der Waals surface area contributed by atoms with Gasteiger partial charge in [0.1, 0.15) is 11.6 Å². The molecule has 0 unspecified atom stereocenters. The molecule has 1 rings (SSSR count). The van der Waals surface area contributed by atoms with Gasteiger partial charge in [-0.05, 0) is 32.6 Å². The Morgan fingerprint density at radius 3 is 2.79 bits per heavy atom. The lowest BCUT2D eigenvalue weighted by Crippen LogP contribution is -2.15. The van der Waals surface area contributed by atoms with Crippen molar-refractivity contribution in [1.82, 2.24) is 4.90 Å². The standard InChI is InChI=1S/C15H19ClFNO/c1-18(2)10-5-11-19-14-8-7-13(15(17)12-14)6-3-4-9-16/h7-8,12H,4-5,9-11H2,1-2H3. The molecule has 0 amide bonds. The molecule has 0 N–H and O–H groups in total. The average Bonchev–Trinajstić information content (AvgIpc) is 2.37. The van der Waals surface area contributed by atoms with Gasteiger partial charge in [0.05, 0.1) is 12.2 Å². The Kier molecular flexibility index (Phi) is 7.32. The van der Waals surface area contributed by atoms with E-state index in [2.05, 4.69) is 16.7 Å². The number of alkyl halides is 1. The summed E-state index contributed by atoms with van der Waals surface area (Å²) in [5.41, 5.74) is 0.380. The number of hydrogen-bond acceptors (Lipinski definition) is 2. The van der Waals surface area contributed by atoms with Crippen LogP contribution >= 0.6 is 11.6 Å². The summed E-state index contributed by atoms with van der Waals surface area (Å²) in [4.78, 5) is 2.08. The molecule has 0 atom stereocenters. The molecule has 0 heterocycles. The molecule has 1 aromatic carbocycles. The molecular formula is C15H19ClFNO. The minimum atomic E-state index is -0.354. The topological polar surface area (TPSA) is 12.5 Å². The molecular weight excluding hydrogens is 265 g/mol. The van der Waals surface area contributed by atoms with Gasteiger partial charge in [-0.2, -0.15) is 0 Å². The van der Waals surface area contributed by atoms with Gasteiger partial charge in [-0.25, -0.2) is 4.39 Å². The Morgan fingerprint density at radius 2 is 2.16 bits per heavy atom. The van der Waals surface area contributed by atoms with Crippen LogP contribution in [0, 0.1) is 17.7 Å². The molecule has 0 fully saturated rings. The first-order valence-corrected chi connectivity index (χ1v) is 6.79. The fourth-order valence-corrected chi connectivity index (χ4v) is 1.56. The zero-order valence-corrected chi connectivity index (χ0v) is 12.1. The van der Waals surface area contributed by atoms with Crippen LogP contribution in [0.15, 0.2) is 18.2 Å². The summed E-state index contributed by atoms with van der Waals surface area (Å²) in [5.74, 6) is 6.21. The third kappa shape index (κ3) is 6.47. The van der Waals surface area contributed by atoms with Crippen molar-refractivity contribution in [2.24, 2.45) is 0 Å². The Balaban J connectivity index is 2.50. The molecule has 104 valence electrons. The van der Waals surface area contributed by atoms with Gasteiger partial charge >= 0.3 is 0 Å². The highest BCUT2D eigenvalue weighted by atomic mass is 35.5. The smallest absolute Gasteiger partial charge is 0.142 e. The highest BCUT2D eigenvalue weighted by Crippen LogP contribution is 2.16. The second-order valence-electron chi connectivity index (χ2n) is 4.39. The minimum Gasteiger partial charge on any atom is -0.493 e. The lowest BCUT2D eigenvalue weighted by molar-refractivity contribution is 0.280. The number of ether oxygens (including phenoxy) is 1. The first-order valence-electron chi connectivity index (χ1n) is 6.25. The average molecular weight is 284 g/mol. The van der Waals surface area contributed by atoms with Gasteiger partial charge in [0.2, 0.25) is 0 Å². The first-order chi connectivity index (χ1) is 9.13. The van der Waals surface area contributed by atoms with Crippen LogP contribution in [0.5, 0.6) is 5.75 Å². The molecule has 0 saturated heterocycles. The molecule has 4 heteroatoms. The van der Waals surface area contributed by atoms with E-state index < -0.39 is 0 Å². The SMILES string of the molecule is CN(C)CCCOc1ccc(C#CCCCl)c(F)c1. The Hall–Kier alpha value is -1.24. The largest absolute Gasteiger partial charge is 0.493 e. The van der Waals surface area contributed by atoms with Crippen molar-refractivity contribution in [3.05, 3.63) is 29.6 Å². The molecule has 0 aliphatic rings. The first kappa shape index (κ1) is 15.8. The second-order valence-corrected chi connectivity index (χ2v) is 4.77. The summed E-state index contributed by atoms with van der Waals surface area (Å²) in [6.45, 7) is 1.53. The van der Waals surface area contributed by atoms with Crippen LogP contribution in [0.3, 0.4) is 0 Å². The van der Waals surface area contributed by atoms with E-state index in [0.717, 1.165) is 13.0 Å².